The van der Waals surface area contributed by atoms with E-state index in [2.05, 4.69) is 113 Å². The molecule has 0 fully saturated rings. The van der Waals surface area contributed by atoms with E-state index in [1.807, 2.05) is 0 Å². The fraction of sp³-hybridized carbons (Fsp3) is 0.0714. The maximum absolute atomic E-state index is 3.64. The molecule has 0 heterocycles. The van der Waals surface area contributed by atoms with Crippen molar-refractivity contribution in [2.45, 2.75) is 12.3 Å². The molecule has 0 bridgehead atoms. The summed E-state index contributed by atoms with van der Waals surface area (Å²) in [5.74, 6) is 0.413. The molecule has 0 nitrogen and oxygen atoms in total. The molecular weight excluding hydrogens is 416 g/mol. The molecule has 0 aliphatic heterocycles. The molecular formula is C28H19Br. The molecule has 6 rings (SSSR count). The number of benzene rings is 5. The molecule has 0 N–H and O–H groups in total. The molecule has 1 aliphatic carbocycles. The predicted molar refractivity (Wildman–Crippen MR) is 129 cm³/mol. The second kappa shape index (κ2) is 6.57. The van der Waals surface area contributed by atoms with Crippen molar-refractivity contribution in [2.75, 3.05) is 0 Å². The SMILES string of the molecule is Brc1ccc2ccc3c4c(ccc3c2c1)C=CC(c1ccc2ccccc2c1)C4. The molecule has 29 heavy (non-hydrogen) atoms. The summed E-state index contributed by atoms with van der Waals surface area (Å²) in [5, 5.41) is 7.95. The number of allylic oxidation sites excluding steroid dienone is 1. The highest BCUT2D eigenvalue weighted by molar-refractivity contribution is 9.10. The quantitative estimate of drug-likeness (QED) is 0.233. The molecule has 1 aliphatic rings. The fourth-order valence-corrected chi connectivity index (χ4v) is 5.11. The lowest BCUT2D eigenvalue weighted by Gasteiger charge is -2.22. The molecule has 0 saturated heterocycles. The molecule has 1 atom stereocenters. The van der Waals surface area contributed by atoms with Gasteiger partial charge in [0.1, 0.15) is 0 Å². The van der Waals surface area contributed by atoms with Crippen LogP contribution in [0.1, 0.15) is 22.6 Å². The Hall–Kier alpha value is -2.90. The van der Waals surface area contributed by atoms with Crippen LogP contribution in [0.15, 0.2) is 95.5 Å². The summed E-state index contributed by atoms with van der Waals surface area (Å²) in [4.78, 5) is 0. The number of hydrogen-bond acceptors (Lipinski definition) is 0. The Morgan fingerprint density at radius 2 is 1.45 bits per heavy atom. The predicted octanol–water partition coefficient (Wildman–Crippen LogP) is 8.26. The van der Waals surface area contributed by atoms with Crippen molar-refractivity contribution >= 4 is 54.3 Å². The average molecular weight is 435 g/mol. The molecule has 138 valence electrons. The first-order valence-corrected chi connectivity index (χ1v) is 10.9. The van der Waals surface area contributed by atoms with Crippen LogP contribution >= 0.6 is 15.9 Å². The van der Waals surface area contributed by atoms with Crippen molar-refractivity contribution in [3.8, 4) is 0 Å². The molecule has 0 saturated carbocycles. The van der Waals surface area contributed by atoms with Crippen LogP contribution in [0.3, 0.4) is 0 Å². The number of halogens is 1. The first kappa shape index (κ1) is 17.0. The van der Waals surface area contributed by atoms with E-state index in [0.717, 1.165) is 10.9 Å². The van der Waals surface area contributed by atoms with Gasteiger partial charge in [-0.1, -0.05) is 101 Å². The van der Waals surface area contributed by atoms with Crippen molar-refractivity contribution in [3.05, 3.63) is 112 Å². The monoisotopic (exact) mass is 434 g/mol. The minimum Gasteiger partial charge on any atom is -0.0761 e. The van der Waals surface area contributed by atoms with Crippen molar-refractivity contribution in [2.24, 2.45) is 0 Å². The van der Waals surface area contributed by atoms with Crippen molar-refractivity contribution in [1.82, 2.24) is 0 Å². The van der Waals surface area contributed by atoms with Crippen LogP contribution in [0, 0.1) is 0 Å². The van der Waals surface area contributed by atoms with Gasteiger partial charge in [0.2, 0.25) is 0 Å². The highest BCUT2D eigenvalue weighted by Crippen LogP contribution is 2.38. The zero-order chi connectivity index (χ0) is 19.4. The number of hydrogen-bond donors (Lipinski definition) is 0. The second-order valence-electron chi connectivity index (χ2n) is 7.94. The highest BCUT2D eigenvalue weighted by Gasteiger charge is 2.18. The summed E-state index contributed by atoms with van der Waals surface area (Å²) in [6.07, 6.45) is 5.72. The van der Waals surface area contributed by atoms with E-state index in [9.17, 15) is 0 Å². The normalized spacial score (nSPS) is 15.8. The Balaban J connectivity index is 1.50. The van der Waals surface area contributed by atoms with Gasteiger partial charge in [0, 0.05) is 10.4 Å². The van der Waals surface area contributed by atoms with E-state index in [1.165, 1.54) is 49.0 Å². The third-order valence-electron chi connectivity index (χ3n) is 6.26. The average Bonchev–Trinajstić information content (AvgIpc) is 2.78. The topological polar surface area (TPSA) is 0 Å². The lowest BCUT2D eigenvalue weighted by Crippen LogP contribution is -2.06. The second-order valence-corrected chi connectivity index (χ2v) is 8.85. The van der Waals surface area contributed by atoms with Gasteiger partial charge in [-0.05, 0) is 67.6 Å². The van der Waals surface area contributed by atoms with Gasteiger partial charge >= 0.3 is 0 Å². The van der Waals surface area contributed by atoms with Crippen LogP contribution in [0.2, 0.25) is 0 Å². The van der Waals surface area contributed by atoms with E-state index < -0.39 is 0 Å². The Kier molecular flexibility index (Phi) is 3.85. The van der Waals surface area contributed by atoms with Gasteiger partial charge in [-0.2, -0.15) is 0 Å². The van der Waals surface area contributed by atoms with E-state index >= 15 is 0 Å². The number of fused-ring (bicyclic) bond motifs is 6. The minimum atomic E-state index is 0.413. The van der Waals surface area contributed by atoms with Gasteiger partial charge in [-0.3, -0.25) is 0 Å². The first-order valence-electron chi connectivity index (χ1n) is 10.1. The van der Waals surface area contributed by atoms with Crippen molar-refractivity contribution < 1.29 is 0 Å². The Morgan fingerprint density at radius 1 is 0.655 bits per heavy atom. The van der Waals surface area contributed by atoms with E-state index in [-0.39, 0.29) is 0 Å². The molecule has 0 aromatic heterocycles. The van der Waals surface area contributed by atoms with E-state index in [0.29, 0.717) is 5.92 Å². The van der Waals surface area contributed by atoms with Crippen molar-refractivity contribution in [3.63, 3.8) is 0 Å². The Labute approximate surface area is 178 Å². The Morgan fingerprint density at radius 3 is 2.38 bits per heavy atom. The van der Waals surface area contributed by atoms with E-state index in [1.54, 1.807) is 0 Å². The van der Waals surface area contributed by atoms with Crippen LogP contribution < -0.4 is 0 Å². The van der Waals surface area contributed by atoms with Gasteiger partial charge in [0.25, 0.3) is 0 Å². The molecule has 5 aromatic carbocycles. The van der Waals surface area contributed by atoms with Gasteiger partial charge < -0.3 is 0 Å². The third-order valence-corrected chi connectivity index (χ3v) is 6.76. The summed E-state index contributed by atoms with van der Waals surface area (Å²) in [7, 11) is 0. The lowest BCUT2D eigenvalue weighted by molar-refractivity contribution is 0.834. The highest BCUT2D eigenvalue weighted by atomic mass is 79.9. The standard InChI is InChI=1S/C28H19Br/c29-24-12-9-20-11-13-25-26(28(20)17-24)14-10-19-6-8-23(16-27(19)25)22-7-5-18-3-1-2-4-21(18)15-22/h1-15,17,23H,16H2. The fourth-order valence-electron chi connectivity index (χ4n) is 4.75. The van der Waals surface area contributed by atoms with Gasteiger partial charge in [0.15, 0.2) is 0 Å². The maximum atomic E-state index is 3.64. The van der Waals surface area contributed by atoms with Crippen LogP contribution in [0.25, 0.3) is 38.4 Å². The summed E-state index contributed by atoms with van der Waals surface area (Å²) >= 11 is 3.64. The van der Waals surface area contributed by atoms with Crippen molar-refractivity contribution in [1.29, 1.82) is 0 Å². The zero-order valence-electron chi connectivity index (χ0n) is 15.9. The molecule has 0 radical (unpaired) electrons. The maximum Gasteiger partial charge on any atom is 0.0181 e. The third kappa shape index (κ3) is 2.81. The van der Waals surface area contributed by atoms with Gasteiger partial charge in [-0.15, -0.1) is 0 Å². The molecule has 5 aromatic rings. The molecule has 1 unspecified atom stereocenters. The van der Waals surface area contributed by atoms with Crippen LogP contribution in [0.5, 0.6) is 0 Å². The Bertz CT molecular complexity index is 1440. The summed E-state index contributed by atoms with van der Waals surface area (Å²) in [6, 6.07) is 31.2. The number of rotatable bonds is 1. The summed E-state index contributed by atoms with van der Waals surface area (Å²) in [6.45, 7) is 0. The van der Waals surface area contributed by atoms with Crippen LogP contribution in [-0.4, -0.2) is 0 Å². The smallest absolute Gasteiger partial charge is 0.0181 e. The molecule has 1 heteroatoms. The van der Waals surface area contributed by atoms with Gasteiger partial charge in [-0.25, -0.2) is 0 Å². The van der Waals surface area contributed by atoms with Crippen LogP contribution in [0.4, 0.5) is 0 Å². The zero-order valence-corrected chi connectivity index (χ0v) is 17.5. The molecule has 0 spiro atoms. The molecule has 0 amide bonds. The largest absolute Gasteiger partial charge is 0.0761 e. The first-order chi connectivity index (χ1) is 14.3. The van der Waals surface area contributed by atoms with E-state index in [4.69, 9.17) is 0 Å². The summed E-state index contributed by atoms with van der Waals surface area (Å²) < 4.78 is 1.13. The summed E-state index contributed by atoms with van der Waals surface area (Å²) in [5.41, 5.74) is 4.21. The van der Waals surface area contributed by atoms with Crippen LogP contribution in [-0.2, 0) is 6.42 Å². The lowest BCUT2D eigenvalue weighted by atomic mass is 9.82. The van der Waals surface area contributed by atoms with Gasteiger partial charge in [0.05, 0.1) is 0 Å². The minimum absolute atomic E-state index is 0.413.